The van der Waals surface area contributed by atoms with E-state index in [1.165, 1.54) is 30.6 Å². The number of hydrogen-bond acceptors (Lipinski definition) is 3. The molecule has 0 aliphatic carbocycles. The number of nitrogens with one attached hydrogen (secondary N) is 1. The van der Waals surface area contributed by atoms with Gasteiger partial charge >= 0.3 is 0 Å². The molecule has 1 aliphatic rings. The monoisotopic (exact) mass is 342 g/mol. The third kappa shape index (κ3) is 4.46. The van der Waals surface area contributed by atoms with E-state index in [2.05, 4.69) is 27.7 Å². The molecule has 2 heterocycles. The van der Waals surface area contributed by atoms with Crippen molar-refractivity contribution >= 4 is 17.2 Å². The number of rotatable bonds is 5. The lowest BCUT2D eigenvalue weighted by Crippen LogP contribution is -2.38. The van der Waals surface area contributed by atoms with Crippen LogP contribution in [0.15, 0.2) is 41.8 Å². The Morgan fingerprint density at radius 3 is 2.62 bits per heavy atom. The summed E-state index contributed by atoms with van der Waals surface area (Å²) in [5, 5.41) is 5.29. The van der Waals surface area contributed by atoms with Gasteiger partial charge in [0.05, 0.1) is 6.04 Å². The molecule has 0 bridgehead atoms. The Balaban J connectivity index is 1.69. The number of amides is 1. The maximum atomic E-state index is 12.5. The van der Waals surface area contributed by atoms with Gasteiger partial charge in [0, 0.05) is 17.0 Å². The molecule has 3 nitrogen and oxygen atoms in total. The van der Waals surface area contributed by atoms with E-state index in [9.17, 15) is 4.79 Å². The van der Waals surface area contributed by atoms with E-state index in [1.807, 2.05) is 31.2 Å². The Labute approximate surface area is 148 Å². The molecule has 1 saturated heterocycles. The molecule has 24 heavy (non-hydrogen) atoms. The molecule has 0 unspecified atom stereocenters. The average molecular weight is 343 g/mol. The van der Waals surface area contributed by atoms with Crippen molar-refractivity contribution < 1.29 is 4.79 Å². The molecule has 0 saturated carbocycles. The molecule has 1 amide bonds. The number of benzene rings is 1. The minimum Gasteiger partial charge on any atom is -0.350 e. The van der Waals surface area contributed by atoms with Crippen LogP contribution in [-0.2, 0) is 0 Å². The van der Waals surface area contributed by atoms with Crippen molar-refractivity contribution in [3.63, 3.8) is 0 Å². The number of likely N-dealkylation sites (tertiary alicyclic amines) is 1. The van der Waals surface area contributed by atoms with Crippen molar-refractivity contribution in [2.24, 2.45) is 0 Å². The van der Waals surface area contributed by atoms with Crippen molar-refractivity contribution in [1.29, 1.82) is 0 Å². The molecule has 1 N–H and O–H groups in total. The Hall–Kier alpha value is -1.65. The number of hydrogen-bond donors (Lipinski definition) is 1. The van der Waals surface area contributed by atoms with E-state index in [-0.39, 0.29) is 11.9 Å². The lowest BCUT2D eigenvalue weighted by Gasteiger charge is -2.30. The number of nitrogens with zero attached hydrogens (tertiary/aromatic N) is 1. The largest absolute Gasteiger partial charge is 0.350 e. The highest BCUT2D eigenvalue weighted by molar-refractivity contribution is 7.10. The standard InChI is InChI=1S/C20H26N2OS/c1-16-8-6-9-17(14-16)20(23)21-15-18(19-10-7-13-24-19)22-11-4-2-3-5-12-22/h6-10,13-14,18H,2-5,11-12,15H2,1H3,(H,21,23)/t18-/m1/s1. The van der Waals surface area contributed by atoms with E-state index < -0.39 is 0 Å². The van der Waals surface area contributed by atoms with Crippen molar-refractivity contribution in [1.82, 2.24) is 10.2 Å². The normalized spacial score (nSPS) is 17.2. The Bertz CT molecular complexity index is 645. The molecule has 4 heteroatoms. The number of thiophene rings is 1. The fourth-order valence-electron chi connectivity index (χ4n) is 3.38. The van der Waals surface area contributed by atoms with Gasteiger partial charge in [-0.2, -0.15) is 0 Å². The van der Waals surface area contributed by atoms with E-state index in [1.54, 1.807) is 11.3 Å². The number of carbonyl (C=O) groups is 1. The van der Waals surface area contributed by atoms with Crippen molar-refractivity contribution in [3.05, 3.63) is 57.8 Å². The van der Waals surface area contributed by atoms with Crippen LogP contribution in [0.1, 0.15) is 52.5 Å². The highest BCUT2D eigenvalue weighted by Crippen LogP contribution is 2.27. The van der Waals surface area contributed by atoms with Crippen LogP contribution in [0, 0.1) is 6.92 Å². The summed E-state index contributed by atoms with van der Waals surface area (Å²) in [4.78, 5) is 16.4. The molecule has 3 rings (SSSR count). The van der Waals surface area contributed by atoms with Gasteiger partial charge in [-0.25, -0.2) is 0 Å². The maximum absolute atomic E-state index is 12.5. The van der Waals surface area contributed by atoms with Crippen molar-refractivity contribution in [2.75, 3.05) is 19.6 Å². The van der Waals surface area contributed by atoms with Gasteiger partial charge in [0.25, 0.3) is 5.91 Å². The first-order valence-corrected chi connectivity index (χ1v) is 9.74. The molecule has 1 aliphatic heterocycles. The van der Waals surface area contributed by atoms with Gasteiger partial charge in [-0.15, -0.1) is 11.3 Å². The maximum Gasteiger partial charge on any atom is 0.251 e. The SMILES string of the molecule is Cc1cccc(C(=O)NC[C@H](c2cccs2)N2CCCCCC2)c1. The molecular formula is C20H26N2OS. The first-order chi connectivity index (χ1) is 11.7. The van der Waals surface area contributed by atoms with Gasteiger partial charge in [-0.05, 0) is 56.4 Å². The van der Waals surface area contributed by atoms with Gasteiger partial charge in [0.2, 0.25) is 0 Å². The average Bonchev–Trinajstić information content (AvgIpc) is 2.98. The quantitative estimate of drug-likeness (QED) is 0.873. The lowest BCUT2D eigenvalue weighted by atomic mass is 10.1. The first kappa shape index (κ1) is 17.2. The highest BCUT2D eigenvalue weighted by Gasteiger charge is 2.23. The zero-order valence-electron chi connectivity index (χ0n) is 14.3. The smallest absolute Gasteiger partial charge is 0.251 e. The van der Waals surface area contributed by atoms with E-state index in [4.69, 9.17) is 0 Å². The van der Waals surface area contributed by atoms with Gasteiger partial charge < -0.3 is 5.32 Å². The molecule has 0 radical (unpaired) electrons. The minimum absolute atomic E-state index is 0.0232. The molecule has 1 atom stereocenters. The van der Waals surface area contributed by atoms with Crippen molar-refractivity contribution in [2.45, 2.75) is 38.6 Å². The van der Waals surface area contributed by atoms with Crippen LogP contribution >= 0.6 is 11.3 Å². The third-order valence-electron chi connectivity index (χ3n) is 4.69. The van der Waals surface area contributed by atoms with Gasteiger partial charge in [-0.1, -0.05) is 36.6 Å². The molecule has 0 spiro atoms. The predicted molar refractivity (Wildman–Crippen MR) is 101 cm³/mol. The molecule has 1 aromatic heterocycles. The summed E-state index contributed by atoms with van der Waals surface area (Å²) in [6.45, 7) is 4.95. The second kappa shape index (κ2) is 8.45. The highest BCUT2D eigenvalue weighted by atomic mass is 32.1. The summed E-state index contributed by atoms with van der Waals surface area (Å²) in [7, 11) is 0. The Morgan fingerprint density at radius 2 is 1.96 bits per heavy atom. The second-order valence-electron chi connectivity index (χ2n) is 6.56. The van der Waals surface area contributed by atoms with Crippen LogP contribution in [-0.4, -0.2) is 30.4 Å². The van der Waals surface area contributed by atoms with Crippen LogP contribution in [0.3, 0.4) is 0 Å². The Kier molecular flexibility index (Phi) is 6.05. The summed E-state index contributed by atoms with van der Waals surface area (Å²) in [6, 6.07) is 12.4. The summed E-state index contributed by atoms with van der Waals surface area (Å²) >= 11 is 1.79. The summed E-state index contributed by atoms with van der Waals surface area (Å²) < 4.78 is 0. The summed E-state index contributed by atoms with van der Waals surface area (Å²) in [6.07, 6.45) is 5.16. The van der Waals surface area contributed by atoms with E-state index in [0.717, 1.165) is 24.2 Å². The predicted octanol–water partition coefficient (Wildman–Crippen LogP) is 4.40. The fraction of sp³-hybridized carbons (Fsp3) is 0.450. The lowest BCUT2D eigenvalue weighted by molar-refractivity contribution is 0.0934. The zero-order valence-corrected chi connectivity index (χ0v) is 15.1. The topological polar surface area (TPSA) is 32.3 Å². The van der Waals surface area contributed by atoms with Gasteiger partial charge in [0.1, 0.15) is 0 Å². The second-order valence-corrected chi connectivity index (χ2v) is 7.54. The number of carbonyl (C=O) groups excluding carboxylic acids is 1. The zero-order chi connectivity index (χ0) is 16.8. The molecule has 1 fully saturated rings. The minimum atomic E-state index is 0.0232. The molecular weight excluding hydrogens is 316 g/mol. The molecule has 2 aromatic rings. The summed E-state index contributed by atoms with van der Waals surface area (Å²) in [5.74, 6) is 0.0232. The summed E-state index contributed by atoms with van der Waals surface area (Å²) in [5.41, 5.74) is 1.86. The van der Waals surface area contributed by atoms with Gasteiger partial charge in [0.15, 0.2) is 0 Å². The van der Waals surface area contributed by atoms with Crippen LogP contribution in [0.25, 0.3) is 0 Å². The van der Waals surface area contributed by atoms with E-state index in [0.29, 0.717) is 6.54 Å². The van der Waals surface area contributed by atoms with Crippen LogP contribution < -0.4 is 5.32 Å². The van der Waals surface area contributed by atoms with Crippen molar-refractivity contribution in [3.8, 4) is 0 Å². The number of aryl methyl sites for hydroxylation is 1. The first-order valence-electron chi connectivity index (χ1n) is 8.86. The van der Waals surface area contributed by atoms with Crippen LogP contribution in [0.2, 0.25) is 0 Å². The Morgan fingerprint density at radius 1 is 1.17 bits per heavy atom. The van der Waals surface area contributed by atoms with Crippen LogP contribution in [0.4, 0.5) is 0 Å². The molecule has 1 aromatic carbocycles. The van der Waals surface area contributed by atoms with Gasteiger partial charge in [-0.3, -0.25) is 9.69 Å². The third-order valence-corrected chi connectivity index (χ3v) is 5.66. The molecule has 128 valence electrons. The van der Waals surface area contributed by atoms with E-state index >= 15 is 0 Å². The van der Waals surface area contributed by atoms with Crippen LogP contribution in [0.5, 0.6) is 0 Å². The fourth-order valence-corrected chi connectivity index (χ4v) is 4.24.